The molecule has 3 nitrogen and oxygen atoms in total. The highest BCUT2D eigenvalue weighted by Crippen LogP contribution is 2.46. The molecule has 0 saturated carbocycles. The Morgan fingerprint density at radius 2 is 0.714 bits per heavy atom. The lowest BCUT2D eigenvalue weighted by Crippen LogP contribution is -2.18. The van der Waals surface area contributed by atoms with Gasteiger partial charge in [-0.1, -0.05) is 62.3 Å². The summed E-state index contributed by atoms with van der Waals surface area (Å²) in [5, 5.41) is 0. The van der Waals surface area contributed by atoms with E-state index in [1.54, 1.807) is 0 Å². The maximum absolute atomic E-state index is 6.27. The van der Waals surface area contributed by atoms with Gasteiger partial charge < -0.3 is 13.6 Å². The Morgan fingerprint density at radius 3 is 0.893 bits per heavy atom. The topological polar surface area (TPSA) is 27.7 Å². The quantitative estimate of drug-likeness (QED) is 0.296. The first-order valence-electron chi connectivity index (χ1n) is 11.3. The van der Waals surface area contributed by atoms with Crippen LogP contribution in [0, 0.1) is 16.2 Å². The lowest BCUT2D eigenvalue weighted by Gasteiger charge is -2.29. The first kappa shape index (κ1) is 28.3. The van der Waals surface area contributed by atoms with E-state index < -0.39 is 8.60 Å². The molecule has 0 radical (unpaired) electrons. The molecule has 0 fully saturated rings. The van der Waals surface area contributed by atoms with Crippen LogP contribution in [0.5, 0.6) is 0 Å². The fourth-order valence-electron chi connectivity index (χ4n) is 2.58. The van der Waals surface area contributed by atoms with Gasteiger partial charge >= 0.3 is 8.60 Å². The maximum atomic E-state index is 6.27. The van der Waals surface area contributed by atoms with Crippen LogP contribution in [0.2, 0.25) is 0 Å². The molecule has 0 aromatic heterocycles. The van der Waals surface area contributed by atoms with Crippen molar-refractivity contribution in [3.8, 4) is 0 Å². The molecule has 0 bridgehead atoms. The third kappa shape index (κ3) is 18.3. The number of hydrogen-bond acceptors (Lipinski definition) is 3. The molecule has 0 N–H and O–H groups in total. The molecule has 3 atom stereocenters. The van der Waals surface area contributed by atoms with E-state index in [1.807, 2.05) is 0 Å². The Labute approximate surface area is 178 Å². The summed E-state index contributed by atoms with van der Waals surface area (Å²) in [6.07, 6.45) is 6.94. The SMILES string of the molecule is C[C@@H](CCC(C)(C)C)OP(O[C@@H](C)CCC(C)(C)C)O[C@@H](C)CCC(C)(C)C. The van der Waals surface area contributed by atoms with Gasteiger partial charge in [0.05, 0.1) is 18.3 Å². The zero-order valence-electron chi connectivity index (χ0n) is 21.1. The summed E-state index contributed by atoms with van der Waals surface area (Å²) in [4.78, 5) is 0. The Balaban J connectivity index is 4.75. The summed E-state index contributed by atoms with van der Waals surface area (Å²) in [7, 11) is -1.32. The van der Waals surface area contributed by atoms with E-state index in [1.165, 1.54) is 0 Å². The molecule has 0 rings (SSSR count). The van der Waals surface area contributed by atoms with E-state index in [4.69, 9.17) is 13.6 Å². The van der Waals surface area contributed by atoms with Gasteiger partial charge in [0.2, 0.25) is 0 Å². The van der Waals surface area contributed by atoms with Gasteiger partial charge in [-0.3, -0.25) is 0 Å². The van der Waals surface area contributed by atoms with E-state index in [-0.39, 0.29) is 18.3 Å². The second-order valence-electron chi connectivity index (χ2n) is 12.3. The van der Waals surface area contributed by atoms with Gasteiger partial charge in [0, 0.05) is 0 Å². The van der Waals surface area contributed by atoms with Crippen LogP contribution in [0.15, 0.2) is 0 Å². The van der Waals surface area contributed by atoms with Crippen LogP contribution in [0.1, 0.15) is 122 Å². The van der Waals surface area contributed by atoms with Crippen molar-refractivity contribution in [1.82, 2.24) is 0 Å². The van der Waals surface area contributed by atoms with Crippen molar-refractivity contribution in [2.24, 2.45) is 16.2 Å². The molecular formula is C24H51O3P. The molecule has 4 heteroatoms. The Morgan fingerprint density at radius 1 is 0.500 bits per heavy atom. The molecule has 0 aliphatic carbocycles. The third-order valence-corrected chi connectivity index (χ3v) is 6.30. The summed E-state index contributed by atoms with van der Waals surface area (Å²) < 4.78 is 18.8. The number of rotatable bonds is 12. The van der Waals surface area contributed by atoms with Gasteiger partial charge in [-0.2, -0.15) is 0 Å². The van der Waals surface area contributed by atoms with Crippen LogP contribution < -0.4 is 0 Å². The standard InChI is InChI=1S/C24H51O3P/c1-19(13-16-22(4,5)6)25-28(26-20(2)14-17-23(7,8)9)27-21(3)15-18-24(10,11)12/h19-21H,13-18H2,1-12H3/t19-,20-,21-/m0/s1. The molecular weight excluding hydrogens is 367 g/mol. The highest BCUT2D eigenvalue weighted by Gasteiger charge is 2.25. The van der Waals surface area contributed by atoms with Gasteiger partial charge in [0.15, 0.2) is 0 Å². The Hall–Kier alpha value is 0.310. The van der Waals surface area contributed by atoms with Crippen molar-refractivity contribution in [3.05, 3.63) is 0 Å². The van der Waals surface area contributed by atoms with Gasteiger partial charge in [0.1, 0.15) is 0 Å². The average Bonchev–Trinajstić information content (AvgIpc) is 2.47. The Bertz CT molecular complexity index is 342. The summed E-state index contributed by atoms with van der Waals surface area (Å²) in [6, 6.07) is 0. The van der Waals surface area contributed by atoms with E-state index in [0.717, 1.165) is 38.5 Å². The van der Waals surface area contributed by atoms with Gasteiger partial charge in [-0.25, -0.2) is 0 Å². The minimum absolute atomic E-state index is 0.148. The van der Waals surface area contributed by atoms with Gasteiger partial charge in [0.25, 0.3) is 0 Å². The summed E-state index contributed by atoms with van der Waals surface area (Å²) in [5.41, 5.74) is 0.965. The fourth-order valence-corrected chi connectivity index (χ4v) is 3.93. The minimum atomic E-state index is -1.32. The highest BCUT2D eigenvalue weighted by molar-refractivity contribution is 7.41. The average molecular weight is 419 g/mol. The molecule has 28 heavy (non-hydrogen) atoms. The van der Waals surface area contributed by atoms with Crippen molar-refractivity contribution in [3.63, 3.8) is 0 Å². The van der Waals surface area contributed by atoms with Gasteiger partial charge in [-0.05, 0) is 75.5 Å². The molecule has 0 aromatic rings. The van der Waals surface area contributed by atoms with Crippen molar-refractivity contribution in [2.75, 3.05) is 0 Å². The summed E-state index contributed by atoms with van der Waals surface area (Å²) in [5.74, 6) is 0. The van der Waals surface area contributed by atoms with E-state index >= 15 is 0 Å². The number of hydrogen-bond donors (Lipinski definition) is 0. The van der Waals surface area contributed by atoms with Crippen molar-refractivity contribution in [1.29, 1.82) is 0 Å². The summed E-state index contributed by atoms with van der Waals surface area (Å²) in [6.45, 7) is 26.9. The van der Waals surface area contributed by atoms with Crippen molar-refractivity contribution in [2.45, 2.75) is 140 Å². The smallest absolute Gasteiger partial charge is 0.309 e. The second-order valence-corrected chi connectivity index (χ2v) is 13.3. The minimum Gasteiger partial charge on any atom is -0.309 e. The van der Waals surface area contributed by atoms with Crippen LogP contribution in [-0.4, -0.2) is 18.3 Å². The molecule has 0 heterocycles. The zero-order valence-corrected chi connectivity index (χ0v) is 22.0. The molecule has 0 unspecified atom stereocenters. The molecule has 0 aliphatic heterocycles. The van der Waals surface area contributed by atoms with Crippen molar-refractivity contribution >= 4 is 8.60 Å². The lowest BCUT2D eigenvalue weighted by molar-refractivity contribution is 0.0627. The third-order valence-electron chi connectivity index (χ3n) is 4.70. The lowest BCUT2D eigenvalue weighted by atomic mass is 9.89. The molecule has 170 valence electrons. The van der Waals surface area contributed by atoms with E-state index in [2.05, 4.69) is 83.1 Å². The largest absolute Gasteiger partial charge is 0.333 e. The van der Waals surface area contributed by atoms with Crippen LogP contribution in [0.3, 0.4) is 0 Å². The molecule has 0 amide bonds. The molecule has 0 saturated heterocycles. The predicted octanol–water partition coefficient (Wildman–Crippen LogP) is 8.91. The van der Waals surface area contributed by atoms with E-state index in [0.29, 0.717) is 16.2 Å². The second kappa shape index (κ2) is 12.2. The van der Waals surface area contributed by atoms with Crippen LogP contribution in [0.25, 0.3) is 0 Å². The highest BCUT2D eigenvalue weighted by atomic mass is 31.2. The maximum Gasteiger partial charge on any atom is 0.333 e. The van der Waals surface area contributed by atoms with E-state index in [9.17, 15) is 0 Å². The van der Waals surface area contributed by atoms with Crippen LogP contribution in [-0.2, 0) is 13.6 Å². The van der Waals surface area contributed by atoms with Crippen molar-refractivity contribution < 1.29 is 13.6 Å². The van der Waals surface area contributed by atoms with Crippen LogP contribution in [0.4, 0.5) is 0 Å². The molecule has 0 aliphatic rings. The molecule has 0 aromatic carbocycles. The summed E-state index contributed by atoms with van der Waals surface area (Å²) >= 11 is 0. The molecule has 0 spiro atoms. The van der Waals surface area contributed by atoms with Gasteiger partial charge in [-0.15, -0.1) is 0 Å². The Kier molecular flexibility index (Phi) is 12.4. The first-order chi connectivity index (χ1) is 12.5. The van der Waals surface area contributed by atoms with Crippen LogP contribution >= 0.6 is 8.60 Å². The fraction of sp³-hybridized carbons (Fsp3) is 1.00. The monoisotopic (exact) mass is 418 g/mol. The zero-order chi connectivity index (χ0) is 22.2. The normalized spacial score (nSPS) is 17.0. The first-order valence-corrected chi connectivity index (χ1v) is 12.4. The predicted molar refractivity (Wildman–Crippen MR) is 125 cm³/mol.